The second-order valence-corrected chi connectivity index (χ2v) is 1.64. The molecule has 1 aromatic heterocycles. The summed E-state index contributed by atoms with van der Waals surface area (Å²) >= 11 is 0. The number of benzene rings is 1. The third-order valence-corrected chi connectivity index (χ3v) is 0.877. The third kappa shape index (κ3) is 6.03. The van der Waals surface area contributed by atoms with E-state index in [2.05, 4.69) is 26.7 Å². The van der Waals surface area contributed by atoms with Crippen molar-refractivity contribution in [1.29, 1.82) is 0 Å². The molecule has 0 unspecified atom stereocenters. The first-order valence-electron chi connectivity index (χ1n) is 3.07. The van der Waals surface area contributed by atoms with Gasteiger partial charge in [-0.3, -0.25) is 0 Å². The average Bonchev–Trinajstić information content (AvgIpc) is 2.64. The van der Waals surface area contributed by atoms with Crippen LogP contribution in [0.1, 0.15) is 0 Å². The summed E-state index contributed by atoms with van der Waals surface area (Å²) in [5, 5.41) is 12.2. The van der Waals surface area contributed by atoms with Crippen LogP contribution in [0.15, 0.2) is 36.7 Å². The van der Waals surface area contributed by atoms with Gasteiger partial charge in [0.15, 0.2) is 6.33 Å². The molecule has 2 rings (SSSR count). The minimum absolute atomic E-state index is 0. The van der Waals surface area contributed by atoms with Crippen molar-refractivity contribution in [1.82, 2.24) is 20.6 Å². The summed E-state index contributed by atoms with van der Waals surface area (Å²) < 4.78 is 0. The molecule has 0 atom stereocenters. The van der Waals surface area contributed by atoms with Gasteiger partial charge in [-0.25, -0.2) is 0 Å². The summed E-state index contributed by atoms with van der Waals surface area (Å²) in [6.07, 6.45) is 1.33. The average molecular weight is 170 g/mol. The van der Waals surface area contributed by atoms with Crippen LogP contribution in [0.5, 0.6) is 0 Å². The molecule has 4 nitrogen and oxygen atoms in total. The van der Waals surface area contributed by atoms with Crippen LogP contribution in [0.2, 0.25) is 0 Å². The number of hydrogen-bond acceptors (Lipinski definition) is 3. The van der Waals surface area contributed by atoms with Crippen LogP contribution in [-0.4, -0.2) is 20.6 Å². The normalized spacial score (nSPS) is 7.33. The Morgan fingerprint density at radius 2 is 1.83 bits per heavy atom. The number of aromatic amines is 1. The van der Waals surface area contributed by atoms with Crippen LogP contribution in [0.4, 0.5) is 0 Å². The van der Waals surface area contributed by atoms with E-state index in [1.54, 1.807) is 0 Å². The molecule has 0 bridgehead atoms. The van der Waals surface area contributed by atoms with Gasteiger partial charge < -0.3 is 0 Å². The minimum Gasteiger partial charge on any atom is -0.184 e. The van der Waals surface area contributed by atoms with Gasteiger partial charge in [-0.15, -0.1) is 10.2 Å². The number of nitrogens with zero attached hydrogens (tertiary/aromatic N) is 3. The van der Waals surface area contributed by atoms with E-state index in [4.69, 9.17) is 0 Å². The van der Waals surface area contributed by atoms with E-state index in [0.717, 1.165) is 0 Å². The molecule has 0 saturated carbocycles. The number of aromatic nitrogens is 4. The molecule has 1 heterocycles. The maximum absolute atomic E-state index is 3.38. The molecule has 1 N–H and O–H groups in total. The first kappa shape index (κ1) is 11.3. The summed E-state index contributed by atoms with van der Waals surface area (Å²) in [6.45, 7) is 0. The topological polar surface area (TPSA) is 54.5 Å². The number of H-pyrrole nitrogens is 1. The molecule has 0 aliphatic heterocycles. The first-order chi connectivity index (χ1) is 5.50. The molecule has 2 aromatic rings. The van der Waals surface area contributed by atoms with Crippen LogP contribution < -0.4 is 29.6 Å². The van der Waals surface area contributed by atoms with Gasteiger partial charge in [0, 0.05) is 0 Å². The van der Waals surface area contributed by atoms with Crippen molar-refractivity contribution in [3.05, 3.63) is 42.7 Å². The van der Waals surface area contributed by atoms with Crippen molar-refractivity contribution in [2.24, 2.45) is 0 Å². The Morgan fingerprint density at radius 3 is 2.00 bits per heavy atom. The zero-order valence-electron chi connectivity index (χ0n) is 6.81. The molecule has 1 aromatic carbocycles. The van der Waals surface area contributed by atoms with Crippen molar-refractivity contribution in [3.63, 3.8) is 0 Å². The van der Waals surface area contributed by atoms with E-state index >= 15 is 0 Å². The Balaban J connectivity index is 0.000000189. The molecule has 0 saturated heterocycles. The van der Waals surface area contributed by atoms with Crippen LogP contribution in [0, 0.1) is 6.07 Å². The molecule has 0 aliphatic rings. The zero-order chi connectivity index (χ0) is 7.78. The van der Waals surface area contributed by atoms with Crippen molar-refractivity contribution in [2.45, 2.75) is 0 Å². The summed E-state index contributed by atoms with van der Waals surface area (Å²) in [5.41, 5.74) is 0. The van der Waals surface area contributed by atoms with Crippen LogP contribution in [0.3, 0.4) is 0 Å². The Labute approximate surface area is 92.7 Å². The van der Waals surface area contributed by atoms with E-state index in [0.29, 0.717) is 0 Å². The predicted octanol–water partition coefficient (Wildman–Crippen LogP) is -2.31. The fourth-order valence-corrected chi connectivity index (χ4v) is 0.471. The molecule has 0 fully saturated rings. The molecule has 0 radical (unpaired) electrons. The van der Waals surface area contributed by atoms with Crippen LogP contribution in [0.25, 0.3) is 0 Å². The van der Waals surface area contributed by atoms with Crippen LogP contribution >= 0.6 is 0 Å². The van der Waals surface area contributed by atoms with Crippen molar-refractivity contribution >= 4 is 0 Å². The third-order valence-electron chi connectivity index (χ3n) is 0.877. The van der Waals surface area contributed by atoms with E-state index < -0.39 is 0 Å². The van der Waals surface area contributed by atoms with E-state index in [-0.39, 0.29) is 29.6 Å². The minimum atomic E-state index is 0. The van der Waals surface area contributed by atoms with Crippen molar-refractivity contribution in [3.8, 4) is 0 Å². The Bertz CT molecular complexity index is 201. The molecule has 5 heteroatoms. The molecule has 56 valence electrons. The first-order valence-corrected chi connectivity index (χ1v) is 3.07. The van der Waals surface area contributed by atoms with Gasteiger partial charge in [-0.1, -0.05) is 5.21 Å². The van der Waals surface area contributed by atoms with E-state index in [1.165, 1.54) is 6.33 Å². The number of tetrazole rings is 1. The van der Waals surface area contributed by atoms with Gasteiger partial charge >= 0.3 is 29.6 Å². The molecular formula is C7H7N4Na. The summed E-state index contributed by atoms with van der Waals surface area (Å²) in [4.78, 5) is 0. The standard InChI is InChI=1S/C6H5.CH2N4.Na/c1-2-4-6-5-3-1;1-2-4-5-3-1;/h1-5H;1H,(H,2,3,4,5);/q-1;;+1. The second kappa shape index (κ2) is 8.39. The summed E-state index contributed by atoms with van der Waals surface area (Å²) in [6, 6.07) is 12.5. The SMILES string of the molecule is [Na+].[c-]1ccccc1.c1nn[nH]n1. The van der Waals surface area contributed by atoms with E-state index in [1.807, 2.05) is 30.3 Å². The van der Waals surface area contributed by atoms with Crippen molar-refractivity contribution < 1.29 is 29.6 Å². The quantitative estimate of drug-likeness (QED) is 0.357. The molecular weight excluding hydrogens is 163 g/mol. The van der Waals surface area contributed by atoms with Crippen molar-refractivity contribution in [2.75, 3.05) is 0 Å². The van der Waals surface area contributed by atoms with Crippen LogP contribution in [-0.2, 0) is 0 Å². The largest absolute Gasteiger partial charge is 1.00 e. The Morgan fingerprint density at radius 1 is 1.08 bits per heavy atom. The van der Waals surface area contributed by atoms with Gasteiger partial charge in [0.05, 0.1) is 0 Å². The molecule has 0 aliphatic carbocycles. The number of rotatable bonds is 0. The van der Waals surface area contributed by atoms with Gasteiger partial charge in [0.2, 0.25) is 0 Å². The number of nitrogens with one attached hydrogen (secondary N) is 1. The maximum Gasteiger partial charge on any atom is 1.00 e. The predicted molar refractivity (Wildman–Crippen MR) is 39.5 cm³/mol. The smallest absolute Gasteiger partial charge is 0.184 e. The van der Waals surface area contributed by atoms with Gasteiger partial charge in [-0.2, -0.15) is 41.6 Å². The fraction of sp³-hybridized carbons (Fsp3) is 0. The van der Waals surface area contributed by atoms with Gasteiger partial charge in [-0.05, 0) is 0 Å². The summed E-state index contributed by atoms with van der Waals surface area (Å²) in [5.74, 6) is 0. The van der Waals surface area contributed by atoms with Gasteiger partial charge in [0.1, 0.15) is 0 Å². The molecule has 0 spiro atoms. The second-order valence-electron chi connectivity index (χ2n) is 1.64. The van der Waals surface area contributed by atoms with Gasteiger partial charge in [0.25, 0.3) is 0 Å². The monoisotopic (exact) mass is 170 g/mol. The Hall–Kier alpha value is -0.710. The number of hydrogen-bond donors (Lipinski definition) is 1. The summed E-state index contributed by atoms with van der Waals surface area (Å²) in [7, 11) is 0. The molecule has 12 heavy (non-hydrogen) atoms. The van der Waals surface area contributed by atoms with E-state index in [9.17, 15) is 0 Å². The molecule has 0 amide bonds. The zero-order valence-corrected chi connectivity index (χ0v) is 8.81. The fourth-order valence-electron chi connectivity index (χ4n) is 0.471. The maximum atomic E-state index is 3.38. The Kier molecular flexibility index (Phi) is 7.89.